The average molecular weight is 357 g/mol. The SMILES string of the molecule is O=CN[C@H](CC(=O)O)c1cc(Br)c(Br)s1. The lowest BCUT2D eigenvalue weighted by Gasteiger charge is -2.10. The predicted octanol–water partition coefficient (Wildman–Crippen LogP) is 2.53. The van der Waals surface area contributed by atoms with E-state index in [0.29, 0.717) is 6.41 Å². The standard InChI is InChI=1S/C8H7Br2NO3S/c9-4-1-6(15-8(4)10)5(11-3-12)2-7(13)14/h1,3,5H,2H2,(H,11,12)(H,13,14)/t5-/m1/s1. The highest BCUT2D eigenvalue weighted by molar-refractivity contribution is 9.13. The Morgan fingerprint density at radius 3 is 2.73 bits per heavy atom. The van der Waals surface area contributed by atoms with E-state index < -0.39 is 12.0 Å². The number of carbonyl (C=O) groups excluding carboxylic acids is 1. The molecule has 82 valence electrons. The smallest absolute Gasteiger partial charge is 0.305 e. The topological polar surface area (TPSA) is 66.4 Å². The lowest BCUT2D eigenvalue weighted by Crippen LogP contribution is -2.21. The summed E-state index contributed by atoms with van der Waals surface area (Å²) in [7, 11) is 0. The quantitative estimate of drug-likeness (QED) is 0.796. The highest BCUT2D eigenvalue weighted by Gasteiger charge is 2.18. The molecule has 0 aliphatic carbocycles. The van der Waals surface area contributed by atoms with E-state index in [1.54, 1.807) is 6.07 Å². The number of amides is 1. The minimum absolute atomic E-state index is 0.127. The Balaban J connectivity index is 2.87. The van der Waals surface area contributed by atoms with Gasteiger partial charge in [-0.1, -0.05) is 0 Å². The molecule has 0 fully saturated rings. The minimum Gasteiger partial charge on any atom is -0.481 e. The van der Waals surface area contributed by atoms with Crippen LogP contribution in [0.15, 0.2) is 14.3 Å². The van der Waals surface area contributed by atoms with Crippen molar-refractivity contribution in [3.8, 4) is 0 Å². The molecule has 1 heterocycles. The molecule has 1 aromatic heterocycles. The van der Waals surface area contributed by atoms with Crippen LogP contribution in [0.5, 0.6) is 0 Å². The molecule has 1 amide bonds. The number of hydrogen-bond donors (Lipinski definition) is 2. The van der Waals surface area contributed by atoms with Crippen LogP contribution in [0.4, 0.5) is 0 Å². The van der Waals surface area contributed by atoms with E-state index in [0.717, 1.165) is 13.1 Å². The first-order chi connectivity index (χ1) is 7.04. The Hall–Kier alpha value is -0.400. The number of aliphatic carboxylic acids is 1. The van der Waals surface area contributed by atoms with Gasteiger partial charge in [0.25, 0.3) is 0 Å². The molecule has 0 aromatic carbocycles. The molecule has 2 N–H and O–H groups in total. The van der Waals surface area contributed by atoms with Gasteiger partial charge >= 0.3 is 5.97 Å². The monoisotopic (exact) mass is 355 g/mol. The summed E-state index contributed by atoms with van der Waals surface area (Å²) in [6, 6.07) is 1.31. The molecule has 0 saturated carbocycles. The summed E-state index contributed by atoms with van der Waals surface area (Å²) in [6.07, 6.45) is 0.382. The van der Waals surface area contributed by atoms with Gasteiger partial charge in [-0.15, -0.1) is 11.3 Å². The van der Waals surface area contributed by atoms with Gasteiger partial charge in [0.05, 0.1) is 16.2 Å². The number of carboxylic acids is 1. The number of hydrogen-bond acceptors (Lipinski definition) is 3. The highest BCUT2D eigenvalue weighted by atomic mass is 79.9. The largest absolute Gasteiger partial charge is 0.481 e. The van der Waals surface area contributed by atoms with Crippen molar-refractivity contribution < 1.29 is 14.7 Å². The average Bonchev–Trinajstić information content (AvgIpc) is 2.46. The zero-order valence-corrected chi connectivity index (χ0v) is 11.4. The summed E-state index contributed by atoms with van der Waals surface area (Å²) in [5.41, 5.74) is 0. The second-order valence-corrected chi connectivity index (χ2v) is 5.96. The fourth-order valence-electron chi connectivity index (χ4n) is 1.03. The third-order valence-corrected chi connectivity index (χ3v) is 5.03. The summed E-state index contributed by atoms with van der Waals surface area (Å²) in [5, 5.41) is 11.2. The minimum atomic E-state index is -0.949. The van der Waals surface area contributed by atoms with Crippen LogP contribution in [0.2, 0.25) is 0 Å². The molecule has 0 aliphatic heterocycles. The first kappa shape index (κ1) is 12.7. The van der Waals surface area contributed by atoms with Crippen molar-refractivity contribution in [3.05, 3.63) is 19.2 Å². The number of rotatable bonds is 5. The second-order valence-electron chi connectivity index (χ2n) is 2.71. The molecule has 1 atom stereocenters. The van der Waals surface area contributed by atoms with Gasteiger partial charge in [0.2, 0.25) is 6.41 Å². The van der Waals surface area contributed by atoms with Gasteiger partial charge in [-0.3, -0.25) is 9.59 Å². The van der Waals surface area contributed by atoms with Crippen LogP contribution in [0.1, 0.15) is 17.3 Å². The molecular weight excluding hydrogens is 350 g/mol. The van der Waals surface area contributed by atoms with E-state index in [2.05, 4.69) is 37.2 Å². The number of nitrogens with one attached hydrogen (secondary N) is 1. The van der Waals surface area contributed by atoms with Gasteiger partial charge in [0.15, 0.2) is 0 Å². The number of thiophene rings is 1. The number of halogens is 2. The molecule has 0 saturated heterocycles. The first-order valence-corrected chi connectivity index (χ1v) is 6.31. The van der Waals surface area contributed by atoms with Crippen molar-refractivity contribution in [2.75, 3.05) is 0 Å². The molecule has 0 aliphatic rings. The van der Waals surface area contributed by atoms with Crippen LogP contribution in [0.25, 0.3) is 0 Å². The van der Waals surface area contributed by atoms with Gasteiger partial charge in [-0.2, -0.15) is 0 Å². The molecular formula is C8H7Br2NO3S. The van der Waals surface area contributed by atoms with Crippen LogP contribution >= 0.6 is 43.2 Å². The van der Waals surface area contributed by atoms with Crippen molar-refractivity contribution in [3.63, 3.8) is 0 Å². The predicted molar refractivity (Wildman–Crippen MR) is 63.9 cm³/mol. The molecule has 0 bridgehead atoms. The molecule has 1 aromatic rings. The Bertz CT molecular complexity index is 360. The summed E-state index contributed by atoms with van der Waals surface area (Å²) in [5.74, 6) is -0.949. The van der Waals surface area contributed by atoms with Crippen molar-refractivity contribution in [2.24, 2.45) is 0 Å². The van der Waals surface area contributed by atoms with Crippen molar-refractivity contribution in [1.29, 1.82) is 0 Å². The fraction of sp³-hybridized carbons (Fsp3) is 0.250. The van der Waals surface area contributed by atoms with Crippen LogP contribution in [0, 0.1) is 0 Å². The van der Waals surface area contributed by atoms with Crippen molar-refractivity contribution in [2.45, 2.75) is 12.5 Å². The van der Waals surface area contributed by atoms with E-state index in [-0.39, 0.29) is 6.42 Å². The van der Waals surface area contributed by atoms with Gasteiger partial charge in [0.1, 0.15) is 0 Å². The highest BCUT2D eigenvalue weighted by Crippen LogP contribution is 2.36. The summed E-state index contributed by atoms with van der Waals surface area (Å²) >= 11 is 8.00. The fourth-order valence-corrected chi connectivity index (χ4v) is 3.18. The number of carbonyl (C=O) groups is 2. The molecule has 0 radical (unpaired) electrons. The van der Waals surface area contributed by atoms with E-state index >= 15 is 0 Å². The van der Waals surface area contributed by atoms with Crippen LogP contribution in [-0.4, -0.2) is 17.5 Å². The van der Waals surface area contributed by atoms with Crippen molar-refractivity contribution in [1.82, 2.24) is 5.32 Å². The zero-order chi connectivity index (χ0) is 11.4. The molecule has 0 spiro atoms. The second kappa shape index (κ2) is 5.62. The molecule has 1 rings (SSSR count). The molecule has 15 heavy (non-hydrogen) atoms. The summed E-state index contributed by atoms with van der Waals surface area (Å²) in [6.45, 7) is 0. The molecule has 0 unspecified atom stereocenters. The maximum atomic E-state index is 10.6. The van der Waals surface area contributed by atoms with Crippen molar-refractivity contribution >= 4 is 55.6 Å². The van der Waals surface area contributed by atoms with Crippen LogP contribution in [0.3, 0.4) is 0 Å². The van der Waals surface area contributed by atoms with Crippen LogP contribution in [-0.2, 0) is 9.59 Å². The summed E-state index contributed by atoms with van der Waals surface area (Å²) < 4.78 is 1.73. The molecule has 7 heteroatoms. The third kappa shape index (κ3) is 3.58. The lowest BCUT2D eigenvalue weighted by atomic mass is 10.2. The summed E-state index contributed by atoms with van der Waals surface area (Å²) in [4.78, 5) is 21.7. The Morgan fingerprint density at radius 1 is 1.67 bits per heavy atom. The van der Waals surface area contributed by atoms with E-state index in [1.807, 2.05) is 0 Å². The first-order valence-electron chi connectivity index (χ1n) is 3.90. The zero-order valence-electron chi connectivity index (χ0n) is 7.37. The lowest BCUT2D eigenvalue weighted by molar-refractivity contribution is -0.137. The normalized spacial score (nSPS) is 12.1. The van der Waals surface area contributed by atoms with E-state index in [9.17, 15) is 9.59 Å². The van der Waals surface area contributed by atoms with E-state index in [1.165, 1.54) is 11.3 Å². The van der Waals surface area contributed by atoms with E-state index in [4.69, 9.17) is 5.11 Å². The maximum Gasteiger partial charge on any atom is 0.305 e. The van der Waals surface area contributed by atoms with Crippen LogP contribution < -0.4 is 5.32 Å². The van der Waals surface area contributed by atoms with Gasteiger partial charge in [-0.25, -0.2) is 0 Å². The Kier molecular flexibility index (Phi) is 4.75. The Labute approximate surface area is 107 Å². The maximum absolute atomic E-state index is 10.6. The third-order valence-electron chi connectivity index (χ3n) is 1.66. The molecule has 4 nitrogen and oxygen atoms in total. The Morgan fingerprint density at radius 2 is 2.33 bits per heavy atom. The number of carboxylic acid groups (broad SMARTS) is 1. The van der Waals surface area contributed by atoms with Gasteiger partial charge < -0.3 is 10.4 Å². The van der Waals surface area contributed by atoms with Gasteiger partial charge in [-0.05, 0) is 37.9 Å². The van der Waals surface area contributed by atoms with Gasteiger partial charge in [0, 0.05) is 9.35 Å².